The standard InChI is InChI=1S/C29H28N6O4S2.ClH/c1-34-16-18-35(19-17-34)23-12-13-24(32-40(36,37)26-10-2-6-21-8-4-14-30-28(21)26)25(20-23)33-41(38,39)27-11-3-7-22-9-5-15-31-29(22)27;/h2-15,20,32-33H,16-19H2,1H3;1H. The minimum atomic E-state index is -4.16. The van der Waals surface area contributed by atoms with E-state index in [1.165, 1.54) is 24.5 Å². The molecule has 1 fully saturated rings. The highest BCUT2D eigenvalue weighted by atomic mass is 35.5. The van der Waals surface area contributed by atoms with Crippen LogP contribution in [0, 0.1) is 0 Å². The van der Waals surface area contributed by atoms with Gasteiger partial charge in [0.1, 0.15) is 9.79 Å². The van der Waals surface area contributed by atoms with E-state index in [4.69, 9.17) is 0 Å². The SMILES string of the molecule is CN1CCN(c2ccc(NS(=O)(=O)c3cccc4cccnc34)c(NS(=O)(=O)c3cccc4cccnc34)c2)CC1.Cl. The highest BCUT2D eigenvalue weighted by Crippen LogP contribution is 2.34. The van der Waals surface area contributed by atoms with E-state index in [1.54, 1.807) is 66.7 Å². The molecule has 0 amide bonds. The molecule has 10 nitrogen and oxygen atoms in total. The summed E-state index contributed by atoms with van der Waals surface area (Å²) in [6.45, 7) is 3.21. The van der Waals surface area contributed by atoms with Crippen LogP contribution < -0.4 is 14.3 Å². The lowest BCUT2D eigenvalue weighted by molar-refractivity contribution is 0.313. The van der Waals surface area contributed by atoms with Gasteiger partial charge in [-0.15, -0.1) is 12.4 Å². The van der Waals surface area contributed by atoms with Crippen molar-refractivity contribution in [2.24, 2.45) is 0 Å². The van der Waals surface area contributed by atoms with Crippen LogP contribution in [-0.4, -0.2) is 64.9 Å². The fraction of sp³-hybridized carbons (Fsp3) is 0.172. The van der Waals surface area contributed by atoms with Crippen molar-refractivity contribution < 1.29 is 16.8 Å². The number of hydrogen-bond acceptors (Lipinski definition) is 8. The summed E-state index contributed by atoms with van der Waals surface area (Å²) < 4.78 is 60.0. The molecule has 5 aromatic rings. The number of nitrogens with zero attached hydrogens (tertiary/aromatic N) is 4. The van der Waals surface area contributed by atoms with E-state index in [-0.39, 0.29) is 33.6 Å². The summed E-state index contributed by atoms with van der Waals surface area (Å²) >= 11 is 0. The number of aromatic nitrogens is 2. The normalized spacial score (nSPS) is 14.5. The largest absolute Gasteiger partial charge is 0.369 e. The van der Waals surface area contributed by atoms with Gasteiger partial charge >= 0.3 is 0 Å². The van der Waals surface area contributed by atoms with Crippen molar-refractivity contribution in [3.8, 4) is 0 Å². The van der Waals surface area contributed by atoms with Crippen molar-refractivity contribution >= 4 is 71.3 Å². The summed E-state index contributed by atoms with van der Waals surface area (Å²) in [5, 5.41) is 1.34. The lowest BCUT2D eigenvalue weighted by Crippen LogP contribution is -2.44. The predicted molar refractivity (Wildman–Crippen MR) is 169 cm³/mol. The van der Waals surface area contributed by atoms with Gasteiger partial charge in [0.25, 0.3) is 20.0 Å². The molecular weight excluding hydrogens is 596 g/mol. The third-order valence-corrected chi connectivity index (χ3v) is 9.92. The van der Waals surface area contributed by atoms with Crippen molar-refractivity contribution in [3.63, 3.8) is 0 Å². The molecule has 0 atom stereocenters. The van der Waals surface area contributed by atoms with Crippen LogP contribution in [0.2, 0.25) is 0 Å². The summed E-state index contributed by atoms with van der Waals surface area (Å²) in [5.74, 6) is 0. The van der Waals surface area contributed by atoms with Gasteiger partial charge in [0.15, 0.2) is 0 Å². The molecule has 0 aliphatic carbocycles. The van der Waals surface area contributed by atoms with Crippen LogP contribution in [0.3, 0.4) is 0 Å². The molecule has 0 radical (unpaired) electrons. The molecule has 0 spiro atoms. The maximum Gasteiger partial charge on any atom is 0.264 e. The molecule has 1 aliphatic rings. The maximum absolute atomic E-state index is 13.8. The van der Waals surface area contributed by atoms with Gasteiger partial charge in [-0.1, -0.05) is 36.4 Å². The first-order valence-electron chi connectivity index (χ1n) is 13.0. The number of rotatable bonds is 7. The molecule has 6 rings (SSSR count). The average molecular weight is 625 g/mol. The number of para-hydroxylation sites is 2. The maximum atomic E-state index is 13.8. The molecule has 3 aromatic carbocycles. The van der Waals surface area contributed by atoms with E-state index in [9.17, 15) is 16.8 Å². The zero-order chi connectivity index (χ0) is 28.6. The van der Waals surface area contributed by atoms with Crippen LogP contribution in [0.25, 0.3) is 21.8 Å². The number of anilines is 3. The topological polar surface area (TPSA) is 125 Å². The predicted octanol–water partition coefficient (Wildman–Crippen LogP) is 4.56. The highest BCUT2D eigenvalue weighted by molar-refractivity contribution is 7.93. The summed E-state index contributed by atoms with van der Waals surface area (Å²) in [6.07, 6.45) is 3.07. The molecular formula is C29H29ClN6O4S2. The summed E-state index contributed by atoms with van der Waals surface area (Å²) in [7, 11) is -6.25. The fourth-order valence-electron chi connectivity index (χ4n) is 4.95. The van der Waals surface area contributed by atoms with Gasteiger partial charge in [0, 0.05) is 55.0 Å². The molecule has 2 N–H and O–H groups in total. The van der Waals surface area contributed by atoms with Crippen molar-refractivity contribution in [3.05, 3.63) is 91.3 Å². The van der Waals surface area contributed by atoms with E-state index in [1.807, 2.05) is 0 Å². The minimum Gasteiger partial charge on any atom is -0.369 e. The van der Waals surface area contributed by atoms with Gasteiger partial charge < -0.3 is 9.80 Å². The number of fused-ring (bicyclic) bond motifs is 2. The van der Waals surface area contributed by atoms with Gasteiger partial charge in [-0.2, -0.15) is 0 Å². The summed E-state index contributed by atoms with van der Waals surface area (Å²) in [4.78, 5) is 12.9. The van der Waals surface area contributed by atoms with Crippen LogP contribution in [0.4, 0.5) is 17.1 Å². The lowest BCUT2D eigenvalue weighted by atomic mass is 10.2. The number of halogens is 1. The van der Waals surface area contributed by atoms with E-state index < -0.39 is 20.0 Å². The first-order valence-corrected chi connectivity index (χ1v) is 16.0. The molecule has 0 bridgehead atoms. The molecule has 42 heavy (non-hydrogen) atoms. The Hall–Kier alpha value is -3.97. The minimum absolute atomic E-state index is 0. The molecule has 3 heterocycles. The van der Waals surface area contributed by atoms with Crippen LogP contribution in [0.1, 0.15) is 0 Å². The summed E-state index contributed by atoms with van der Waals surface area (Å²) in [5.41, 5.74) is 1.61. The Labute approximate surface area is 250 Å². The molecule has 2 aromatic heterocycles. The third kappa shape index (κ3) is 5.84. The lowest BCUT2D eigenvalue weighted by Gasteiger charge is -2.34. The first kappa shape index (κ1) is 29.5. The van der Waals surface area contributed by atoms with Crippen LogP contribution in [-0.2, 0) is 20.0 Å². The Kier molecular flexibility index (Phi) is 8.24. The number of pyridine rings is 2. The average Bonchev–Trinajstić information content (AvgIpc) is 2.97. The smallest absolute Gasteiger partial charge is 0.264 e. The number of benzene rings is 3. The first-order chi connectivity index (χ1) is 19.7. The molecule has 0 unspecified atom stereocenters. The monoisotopic (exact) mass is 624 g/mol. The molecule has 1 saturated heterocycles. The Bertz CT molecular complexity index is 1970. The van der Waals surface area contributed by atoms with Crippen molar-refractivity contribution in [1.82, 2.24) is 14.9 Å². The number of sulfonamides is 2. The molecule has 0 saturated carbocycles. The Morgan fingerprint density at radius 3 is 1.69 bits per heavy atom. The van der Waals surface area contributed by atoms with Gasteiger partial charge in [-0.25, -0.2) is 16.8 Å². The molecule has 13 heteroatoms. The van der Waals surface area contributed by atoms with Crippen LogP contribution in [0.5, 0.6) is 0 Å². The van der Waals surface area contributed by atoms with E-state index in [0.29, 0.717) is 21.8 Å². The van der Waals surface area contributed by atoms with Crippen LogP contribution in [0.15, 0.2) is 101 Å². The van der Waals surface area contributed by atoms with Crippen LogP contribution >= 0.6 is 12.4 Å². The third-order valence-electron chi connectivity index (χ3n) is 7.13. The number of likely N-dealkylation sites (N-methyl/N-ethyl adjacent to an activating group) is 1. The van der Waals surface area contributed by atoms with Crippen molar-refractivity contribution in [1.29, 1.82) is 0 Å². The molecule has 1 aliphatic heterocycles. The fourth-order valence-corrected chi connectivity index (χ4v) is 7.46. The Morgan fingerprint density at radius 2 is 1.14 bits per heavy atom. The molecule has 218 valence electrons. The van der Waals surface area contributed by atoms with Gasteiger partial charge in [-0.3, -0.25) is 19.4 Å². The van der Waals surface area contributed by atoms with Gasteiger partial charge in [0.05, 0.1) is 22.4 Å². The summed E-state index contributed by atoms with van der Waals surface area (Å²) in [6, 6.07) is 21.9. The van der Waals surface area contributed by atoms with E-state index in [2.05, 4.69) is 36.3 Å². The van der Waals surface area contributed by atoms with E-state index >= 15 is 0 Å². The number of nitrogens with one attached hydrogen (secondary N) is 2. The second-order valence-electron chi connectivity index (χ2n) is 9.89. The van der Waals surface area contributed by atoms with E-state index in [0.717, 1.165) is 31.9 Å². The second kappa shape index (κ2) is 11.7. The number of hydrogen-bond donors (Lipinski definition) is 2. The zero-order valence-corrected chi connectivity index (χ0v) is 25.1. The second-order valence-corrected chi connectivity index (χ2v) is 13.2. The van der Waals surface area contributed by atoms with Gasteiger partial charge in [-0.05, 0) is 49.5 Å². The zero-order valence-electron chi connectivity index (χ0n) is 22.6. The van der Waals surface area contributed by atoms with Gasteiger partial charge in [0.2, 0.25) is 0 Å². The highest BCUT2D eigenvalue weighted by Gasteiger charge is 2.25. The Morgan fingerprint density at radius 1 is 0.643 bits per heavy atom. The van der Waals surface area contributed by atoms with Crippen molar-refractivity contribution in [2.75, 3.05) is 47.6 Å². The van der Waals surface area contributed by atoms with Crippen molar-refractivity contribution in [2.45, 2.75) is 9.79 Å². The quantitative estimate of drug-likeness (QED) is 0.270. The Balaban J connectivity index is 0.00000353. The number of piperazine rings is 1.